The Hall–Kier alpha value is -1.27. The van der Waals surface area contributed by atoms with E-state index in [1.54, 1.807) is 0 Å². The minimum Gasteiger partial charge on any atom is -0.466 e. The van der Waals surface area contributed by atoms with Crippen molar-refractivity contribution >= 4 is 11.9 Å². The summed E-state index contributed by atoms with van der Waals surface area (Å²) in [6.07, 6.45) is 12.2. The Morgan fingerprint density at radius 2 is 1.06 bits per heavy atom. The smallest absolute Gasteiger partial charge is 0.425 e. The van der Waals surface area contributed by atoms with Gasteiger partial charge in [-0.1, -0.05) is 96.8 Å². The first-order valence-corrected chi connectivity index (χ1v) is 12.7. The molecule has 0 spiro atoms. The fourth-order valence-electron chi connectivity index (χ4n) is 3.43. The molecule has 0 radical (unpaired) electrons. The van der Waals surface area contributed by atoms with Crippen LogP contribution in [0.1, 0.15) is 129 Å². The van der Waals surface area contributed by atoms with Crippen molar-refractivity contribution in [1.29, 1.82) is 0 Å². The Balaban J connectivity index is 3.35. The largest absolute Gasteiger partial charge is 0.466 e. The molecule has 0 aromatic heterocycles. The number of esters is 2. The summed E-state index contributed by atoms with van der Waals surface area (Å²) in [6.45, 7) is 3.38. The molecule has 0 heterocycles. The van der Waals surface area contributed by atoms with Crippen LogP contribution < -0.4 is 0 Å². The van der Waals surface area contributed by atoms with E-state index in [9.17, 15) is 22.8 Å². The highest BCUT2D eigenvalue weighted by atomic mass is 19.4. The van der Waals surface area contributed by atoms with Crippen LogP contribution >= 0.6 is 0 Å². The molecule has 1 unspecified atom stereocenters. The van der Waals surface area contributed by atoms with E-state index in [0.29, 0.717) is 6.61 Å². The summed E-state index contributed by atoms with van der Waals surface area (Å²) in [5, 5.41) is 0. The Kier molecular flexibility index (Phi) is 19.5. The van der Waals surface area contributed by atoms with Crippen LogP contribution in [0.2, 0.25) is 0 Å². The minimum atomic E-state index is -4.57. The molecule has 1 atom stereocenters. The molecule has 32 heavy (non-hydrogen) atoms. The van der Waals surface area contributed by atoms with E-state index in [1.165, 1.54) is 77.0 Å². The molecule has 0 fully saturated rings. The van der Waals surface area contributed by atoms with Crippen molar-refractivity contribution in [3.8, 4) is 0 Å². The van der Waals surface area contributed by atoms with Crippen molar-refractivity contribution in [2.75, 3.05) is 6.61 Å². The number of rotatable bonds is 21. The molecular weight excluding hydrogens is 421 g/mol. The first kappa shape index (κ1) is 30.7. The summed E-state index contributed by atoms with van der Waals surface area (Å²) >= 11 is 0. The summed E-state index contributed by atoms with van der Waals surface area (Å²) in [7, 11) is 0. The van der Waals surface area contributed by atoms with Crippen molar-refractivity contribution in [2.24, 2.45) is 0 Å². The number of carbonyl (C=O) groups excluding carboxylic acids is 2. The highest BCUT2D eigenvalue weighted by molar-refractivity contribution is 5.72. The molecular formula is C25H45F3O4. The lowest BCUT2D eigenvalue weighted by Gasteiger charge is -2.16. The fourth-order valence-corrected chi connectivity index (χ4v) is 3.43. The van der Waals surface area contributed by atoms with E-state index < -0.39 is 24.2 Å². The number of hydrogen-bond acceptors (Lipinski definition) is 4. The summed E-state index contributed by atoms with van der Waals surface area (Å²) in [6, 6.07) is 0. The van der Waals surface area contributed by atoms with Gasteiger partial charge in [0.15, 0.2) is 6.10 Å². The zero-order valence-electron chi connectivity index (χ0n) is 20.3. The van der Waals surface area contributed by atoms with Crippen molar-refractivity contribution in [3.63, 3.8) is 0 Å². The Morgan fingerprint density at radius 3 is 1.50 bits per heavy atom. The molecule has 0 aliphatic rings. The summed E-state index contributed by atoms with van der Waals surface area (Å²) in [5.41, 5.74) is 0. The van der Waals surface area contributed by atoms with Crippen molar-refractivity contribution < 1.29 is 32.2 Å². The van der Waals surface area contributed by atoms with Crippen LogP contribution in [-0.2, 0) is 19.1 Å². The molecule has 0 saturated heterocycles. The van der Waals surface area contributed by atoms with Gasteiger partial charge in [0.25, 0.3) is 0 Å². The maximum Gasteiger partial charge on any atom is 0.425 e. The predicted molar refractivity (Wildman–Crippen MR) is 121 cm³/mol. The lowest BCUT2D eigenvalue weighted by Crippen LogP contribution is -2.30. The van der Waals surface area contributed by atoms with Gasteiger partial charge >= 0.3 is 18.1 Å². The molecule has 4 nitrogen and oxygen atoms in total. The topological polar surface area (TPSA) is 52.6 Å². The summed E-state index contributed by atoms with van der Waals surface area (Å²) in [5.74, 6) is -1.38. The van der Waals surface area contributed by atoms with Crippen LogP contribution in [0, 0.1) is 0 Å². The molecule has 0 saturated carbocycles. The zero-order chi connectivity index (χ0) is 24.1. The van der Waals surface area contributed by atoms with E-state index in [4.69, 9.17) is 4.74 Å². The van der Waals surface area contributed by atoms with Gasteiger partial charge < -0.3 is 9.47 Å². The average molecular weight is 467 g/mol. The second-order valence-electron chi connectivity index (χ2n) is 8.70. The van der Waals surface area contributed by atoms with E-state index in [-0.39, 0.29) is 19.3 Å². The van der Waals surface area contributed by atoms with Gasteiger partial charge in [-0.15, -0.1) is 0 Å². The summed E-state index contributed by atoms with van der Waals surface area (Å²) in [4.78, 5) is 22.9. The number of alkyl halides is 3. The van der Waals surface area contributed by atoms with Crippen LogP contribution in [0.5, 0.6) is 0 Å². The molecule has 0 rings (SSSR count). The van der Waals surface area contributed by atoms with E-state index >= 15 is 0 Å². The van der Waals surface area contributed by atoms with E-state index in [0.717, 1.165) is 26.2 Å². The predicted octanol–water partition coefficient (Wildman–Crippen LogP) is 8.07. The van der Waals surface area contributed by atoms with Crippen molar-refractivity contribution in [2.45, 2.75) is 142 Å². The fraction of sp³-hybridized carbons (Fsp3) is 0.920. The molecule has 0 N–H and O–H groups in total. The highest BCUT2D eigenvalue weighted by Crippen LogP contribution is 2.22. The highest BCUT2D eigenvalue weighted by Gasteiger charge is 2.38. The third-order valence-corrected chi connectivity index (χ3v) is 5.54. The Bertz CT molecular complexity index is 467. The first-order valence-electron chi connectivity index (χ1n) is 12.7. The van der Waals surface area contributed by atoms with Crippen LogP contribution in [0.15, 0.2) is 0 Å². The van der Waals surface area contributed by atoms with E-state index in [2.05, 4.69) is 11.7 Å². The first-order chi connectivity index (χ1) is 15.3. The number of halogens is 3. The zero-order valence-corrected chi connectivity index (χ0v) is 20.3. The van der Waals surface area contributed by atoms with Gasteiger partial charge in [0.05, 0.1) is 6.61 Å². The number of unbranched alkanes of at least 4 members (excludes halogenated alkanes) is 14. The van der Waals surface area contributed by atoms with Gasteiger partial charge in [0.1, 0.15) is 0 Å². The normalized spacial score (nSPS) is 12.5. The van der Waals surface area contributed by atoms with Crippen LogP contribution in [0.4, 0.5) is 13.2 Å². The molecule has 0 amide bonds. The maximum atomic E-state index is 12.3. The SMILES string of the molecule is CCCCCCCCCCCCCCCCCOC(=O)CCCC(=O)OC(C)C(F)(F)F. The third kappa shape index (κ3) is 20.6. The minimum absolute atomic E-state index is 0.00817. The molecule has 0 bridgehead atoms. The number of hydrogen-bond donors (Lipinski definition) is 0. The number of ether oxygens (including phenoxy) is 2. The Morgan fingerprint density at radius 1 is 0.656 bits per heavy atom. The molecule has 0 aliphatic heterocycles. The van der Waals surface area contributed by atoms with Gasteiger partial charge in [0, 0.05) is 12.8 Å². The van der Waals surface area contributed by atoms with Gasteiger partial charge in [-0.05, 0) is 19.8 Å². The third-order valence-electron chi connectivity index (χ3n) is 5.54. The number of carbonyl (C=O) groups is 2. The van der Waals surface area contributed by atoms with Gasteiger partial charge in [-0.2, -0.15) is 13.2 Å². The van der Waals surface area contributed by atoms with E-state index in [1.807, 2.05) is 0 Å². The molecule has 190 valence electrons. The van der Waals surface area contributed by atoms with Crippen molar-refractivity contribution in [3.05, 3.63) is 0 Å². The Labute approximate surface area is 193 Å². The monoisotopic (exact) mass is 466 g/mol. The maximum absolute atomic E-state index is 12.3. The van der Waals surface area contributed by atoms with Crippen LogP contribution in [0.25, 0.3) is 0 Å². The molecule has 0 aromatic rings. The second kappa shape index (κ2) is 20.3. The average Bonchev–Trinajstić information content (AvgIpc) is 2.72. The molecule has 0 aromatic carbocycles. The molecule has 0 aliphatic carbocycles. The van der Waals surface area contributed by atoms with Crippen LogP contribution in [-0.4, -0.2) is 30.8 Å². The van der Waals surface area contributed by atoms with Crippen LogP contribution in [0.3, 0.4) is 0 Å². The second-order valence-corrected chi connectivity index (χ2v) is 8.70. The standard InChI is InChI=1S/C25H45F3O4/c1-3-4-5-6-7-8-9-10-11-12-13-14-15-16-17-21-31-23(29)19-18-20-24(30)32-22(2)25(26,27)28/h22H,3-21H2,1-2H3. The van der Waals surface area contributed by atoms with Gasteiger partial charge in [0.2, 0.25) is 0 Å². The lowest BCUT2D eigenvalue weighted by atomic mass is 10.0. The lowest BCUT2D eigenvalue weighted by molar-refractivity contribution is -0.216. The summed E-state index contributed by atoms with van der Waals surface area (Å²) < 4.78 is 46.3. The van der Waals surface area contributed by atoms with Gasteiger partial charge in [-0.3, -0.25) is 9.59 Å². The van der Waals surface area contributed by atoms with Gasteiger partial charge in [-0.25, -0.2) is 0 Å². The molecule has 7 heteroatoms. The van der Waals surface area contributed by atoms with Crippen molar-refractivity contribution in [1.82, 2.24) is 0 Å². The quantitative estimate of drug-likeness (QED) is 0.127.